The van der Waals surface area contributed by atoms with E-state index in [0.29, 0.717) is 30.1 Å². The number of ether oxygens (including phenoxy) is 1. The molecule has 0 aromatic rings. The van der Waals surface area contributed by atoms with Crippen molar-refractivity contribution >= 4 is 5.78 Å². The zero-order valence-corrected chi connectivity index (χ0v) is 9.87. The van der Waals surface area contributed by atoms with Gasteiger partial charge in [0.2, 0.25) is 0 Å². The maximum Gasteiger partial charge on any atom is 0.135 e. The number of hydrogen-bond acceptors (Lipinski definition) is 2. The van der Waals surface area contributed by atoms with Crippen molar-refractivity contribution in [3.05, 3.63) is 0 Å². The van der Waals surface area contributed by atoms with Crippen LogP contribution in [0.1, 0.15) is 52.4 Å². The fourth-order valence-electron chi connectivity index (χ4n) is 2.66. The summed E-state index contributed by atoms with van der Waals surface area (Å²) in [6, 6.07) is 0. The Morgan fingerprint density at radius 2 is 2.00 bits per heavy atom. The molecule has 2 unspecified atom stereocenters. The Hall–Kier alpha value is -0.370. The second-order valence-electron chi connectivity index (χ2n) is 5.42. The molecule has 2 saturated carbocycles. The number of hydrogen-bond donors (Lipinski definition) is 0. The molecule has 15 heavy (non-hydrogen) atoms. The van der Waals surface area contributed by atoms with E-state index in [0.717, 1.165) is 12.8 Å². The van der Waals surface area contributed by atoms with E-state index in [4.69, 9.17) is 4.74 Å². The van der Waals surface area contributed by atoms with E-state index in [1.165, 1.54) is 19.3 Å². The molecular formula is C13H22O2. The van der Waals surface area contributed by atoms with Gasteiger partial charge in [-0.15, -0.1) is 0 Å². The van der Waals surface area contributed by atoms with E-state index < -0.39 is 0 Å². The summed E-state index contributed by atoms with van der Waals surface area (Å²) in [7, 11) is 0. The Bertz CT molecular complexity index is 231. The molecule has 2 aliphatic carbocycles. The van der Waals surface area contributed by atoms with Crippen molar-refractivity contribution in [2.45, 2.75) is 64.6 Å². The highest BCUT2D eigenvalue weighted by Crippen LogP contribution is 2.34. The van der Waals surface area contributed by atoms with E-state index in [2.05, 4.69) is 13.8 Å². The van der Waals surface area contributed by atoms with Crippen LogP contribution < -0.4 is 0 Å². The normalized spacial score (nSPS) is 33.1. The first-order chi connectivity index (χ1) is 7.16. The van der Waals surface area contributed by atoms with Crippen molar-refractivity contribution in [2.75, 3.05) is 0 Å². The summed E-state index contributed by atoms with van der Waals surface area (Å²) in [5.74, 6) is 1.64. The lowest BCUT2D eigenvalue weighted by molar-refractivity contribution is -0.136. The lowest BCUT2D eigenvalue weighted by Crippen LogP contribution is -2.39. The van der Waals surface area contributed by atoms with Gasteiger partial charge in [0.05, 0.1) is 12.2 Å². The fraction of sp³-hybridized carbons (Fsp3) is 0.923. The van der Waals surface area contributed by atoms with E-state index in [-0.39, 0.29) is 6.10 Å². The van der Waals surface area contributed by atoms with Gasteiger partial charge in [0.15, 0.2) is 0 Å². The van der Waals surface area contributed by atoms with Gasteiger partial charge in [0.1, 0.15) is 5.78 Å². The van der Waals surface area contributed by atoms with Crippen LogP contribution in [0.15, 0.2) is 0 Å². The summed E-state index contributed by atoms with van der Waals surface area (Å²) >= 11 is 0. The highest BCUT2D eigenvalue weighted by molar-refractivity contribution is 5.79. The number of ketones is 1. The monoisotopic (exact) mass is 210 g/mol. The molecule has 2 heteroatoms. The first-order valence-electron chi connectivity index (χ1n) is 6.34. The van der Waals surface area contributed by atoms with Gasteiger partial charge >= 0.3 is 0 Å². The summed E-state index contributed by atoms with van der Waals surface area (Å²) < 4.78 is 6.05. The van der Waals surface area contributed by atoms with Crippen molar-refractivity contribution in [2.24, 2.45) is 11.8 Å². The average Bonchev–Trinajstić information content (AvgIpc) is 2.11. The topological polar surface area (TPSA) is 26.3 Å². The average molecular weight is 210 g/mol. The van der Waals surface area contributed by atoms with Gasteiger partial charge in [0, 0.05) is 12.8 Å². The minimum atomic E-state index is 0.219. The molecule has 2 nitrogen and oxygen atoms in total. The van der Waals surface area contributed by atoms with Crippen LogP contribution in [-0.2, 0) is 9.53 Å². The third kappa shape index (κ3) is 2.60. The predicted octanol–water partition coefficient (Wildman–Crippen LogP) is 2.95. The zero-order chi connectivity index (χ0) is 10.8. The van der Waals surface area contributed by atoms with E-state index in [1.54, 1.807) is 0 Å². The quantitative estimate of drug-likeness (QED) is 0.716. The predicted molar refractivity (Wildman–Crippen MR) is 59.7 cm³/mol. The molecule has 0 bridgehead atoms. The van der Waals surface area contributed by atoms with Crippen LogP contribution in [0.4, 0.5) is 0 Å². The van der Waals surface area contributed by atoms with Crippen LogP contribution in [0, 0.1) is 11.8 Å². The van der Waals surface area contributed by atoms with Crippen LogP contribution >= 0.6 is 0 Å². The highest BCUT2D eigenvalue weighted by atomic mass is 16.5. The zero-order valence-electron chi connectivity index (χ0n) is 9.87. The Morgan fingerprint density at radius 1 is 1.27 bits per heavy atom. The largest absolute Gasteiger partial charge is 0.374 e. The van der Waals surface area contributed by atoms with Gasteiger partial charge in [-0.05, 0) is 37.5 Å². The van der Waals surface area contributed by atoms with Gasteiger partial charge in [0.25, 0.3) is 0 Å². The van der Waals surface area contributed by atoms with Crippen molar-refractivity contribution < 1.29 is 9.53 Å². The molecule has 0 saturated heterocycles. The molecule has 0 aliphatic heterocycles. The summed E-state index contributed by atoms with van der Waals surface area (Å²) in [6.07, 6.45) is 6.86. The standard InChI is InChI=1S/C13H22O2/c1-9(2)12-7-6-10(14)8-13(12)15-11-4-3-5-11/h9,11-13H,3-8H2,1-2H3. The minimum Gasteiger partial charge on any atom is -0.374 e. The molecule has 0 N–H and O–H groups in total. The van der Waals surface area contributed by atoms with Crippen LogP contribution in [0.3, 0.4) is 0 Å². The molecule has 0 amide bonds. The van der Waals surface area contributed by atoms with Gasteiger partial charge in [-0.3, -0.25) is 4.79 Å². The molecule has 2 rings (SSSR count). The van der Waals surface area contributed by atoms with E-state index >= 15 is 0 Å². The molecule has 0 spiro atoms. The number of rotatable bonds is 3. The van der Waals surface area contributed by atoms with Gasteiger partial charge in [-0.1, -0.05) is 13.8 Å². The summed E-state index contributed by atoms with van der Waals surface area (Å²) in [6.45, 7) is 4.50. The molecule has 0 aromatic heterocycles. The van der Waals surface area contributed by atoms with Crippen molar-refractivity contribution in [1.82, 2.24) is 0 Å². The summed E-state index contributed by atoms with van der Waals surface area (Å²) in [5.41, 5.74) is 0. The Labute approximate surface area is 92.4 Å². The van der Waals surface area contributed by atoms with Crippen LogP contribution in [0.2, 0.25) is 0 Å². The van der Waals surface area contributed by atoms with Crippen LogP contribution in [-0.4, -0.2) is 18.0 Å². The number of carbonyl (C=O) groups excluding carboxylic acids is 1. The number of carbonyl (C=O) groups is 1. The van der Waals surface area contributed by atoms with Gasteiger partial charge in [-0.25, -0.2) is 0 Å². The lowest BCUT2D eigenvalue weighted by atomic mass is 9.78. The second-order valence-corrected chi connectivity index (χ2v) is 5.42. The smallest absolute Gasteiger partial charge is 0.135 e. The second kappa shape index (κ2) is 4.65. The maximum absolute atomic E-state index is 11.4. The third-order valence-corrected chi connectivity index (χ3v) is 3.94. The first-order valence-corrected chi connectivity index (χ1v) is 6.34. The molecule has 86 valence electrons. The van der Waals surface area contributed by atoms with E-state index in [9.17, 15) is 4.79 Å². The third-order valence-electron chi connectivity index (χ3n) is 3.94. The molecular weight excluding hydrogens is 188 g/mol. The molecule has 2 aliphatic rings. The fourth-order valence-corrected chi connectivity index (χ4v) is 2.66. The minimum absolute atomic E-state index is 0.219. The van der Waals surface area contributed by atoms with Crippen molar-refractivity contribution in [3.8, 4) is 0 Å². The Kier molecular flexibility index (Phi) is 3.45. The number of Topliss-reactive ketones (excluding diaryl/α,β-unsaturated/α-hetero) is 1. The van der Waals surface area contributed by atoms with E-state index in [1.807, 2.05) is 0 Å². The van der Waals surface area contributed by atoms with Gasteiger partial charge < -0.3 is 4.74 Å². The maximum atomic E-state index is 11.4. The van der Waals surface area contributed by atoms with Crippen LogP contribution in [0.5, 0.6) is 0 Å². The Balaban J connectivity index is 1.92. The molecule has 0 radical (unpaired) electrons. The van der Waals surface area contributed by atoms with Crippen molar-refractivity contribution in [1.29, 1.82) is 0 Å². The molecule has 2 fully saturated rings. The molecule has 0 aromatic carbocycles. The summed E-state index contributed by atoms with van der Waals surface area (Å²) in [4.78, 5) is 11.4. The highest BCUT2D eigenvalue weighted by Gasteiger charge is 2.34. The SMILES string of the molecule is CC(C)C1CCC(=O)CC1OC1CCC1. The molecule has 0 heterocycles. The summed E-state index contributed by atoms with van der Waals surface area (Å²) in [5, 5.41) is 0. The molecule has 2 atom stereocenters. The Morgan fingerprint density at radius 3 is 2.53 bits per heavy atom. The lowest BCUT2D eigenvalue weighted by Gasteiger charge is -2.38. The van der Waals surface area contributed by atoms with Crippen LogP contribution in [0.25, 0.3) is 0 Å². The van der Waals surface area contributed by atoms with Crippen molar-refractivity contribution in [3.63, 3.8) is 0 Å². The van der Waals surface area contributed by atoms with Gasteiger partial charge in [-0.2, -0.15) is 0 Å². The first kappa shape index (κ1) is 11.1.